The summed E-state index contributed by atoms with van der Waals surface area (Å²) in [5.41, 5.74) is -0.0828. The van der Waals surface area contributed by atoms with Crippen molar-refractivity contribution in [3.8, 4) is 0 Å². The molecule has 2 saturated carbocycles. The monoisotopic (exact) mass is 203 g/mol. The van der Waals surface area contributed by atoms with E-state index >= 15 is 0 Å². The van der Waals surface area contributed by atoms with Crippen LogP contribution in [0.5, 0.6) is 0 Å². The van der Waals surface area contributed by atoms with E-state index in [1.54, 1.807) is 0 Å². The average Bonchev–Trinajstić information content (AvgIpc) is 2.52. The fourth-order valence-corrected chi connectivity index (χ4v) is 3.92. The van der Waals surface area contributed by atoms with E-state index in [1.807, 2.05) is 13.8 Å². The number of fused-ring (bicyclic) bond motifs is 2. The van der Waals surface area contributed by atoms with Crippen LogP contribution in [0.2, 0.25) is 0 Å². The smallest absolute Gasteiger partial charge is 0.0633 e. The molecule has 2 rings (SSSR count). The molecule has 2 aliphatic rings. The van der Waals surface area contributed by atoms with Crippen LogP contribution in [-0.4, -0.2) is 25.2 Å². The summed E-state index contributed by atoms with van der Waals surface area (Å²) in [6, 6.07) is 0. The van der Waals surface area contributed by atoms with Gasteiger partial charge in [0.05, 0.1) is 6.10 Å². The SMILES string of the molecule is CC1(C)C2CC(C(S(=O)[O-])C2)C1O. The highest BCUT2D eigenvalue weighted by molar-refractivity contribution is 7.79. The summed E-state index contributed by atoms with van der Waals surface area (Å²) in [6.45, 7) is 4.07. The fourth-order valence-electron chi connectivity index (χ4n) is 2.99. The van der Waals surface area contributed by atoms with Crippen LogP contribution < -0.4 is 0 Å². The molecular weight excluding hydrogens is 188 g/mol. The first kappa shape index (κ1) is 9.62. The van der Waals surface area contributed by atoms with E-state index in [4.69, 9.17) is 0 Å². The Balaban J connectivity index is 2.22. The highest BCUT2D eigenvalue weighted by Gasteiger charge is 2.56. The van der Waals surface area contributed by atoms with Gasteiger partial charge in [0.1, 0.15) is 0 Å². The van der Waals surface area contributed by atoms with Crippen molar-refractivity contribution in [1.29, 1.82) is 0 Å². The molecule has 1 N–H and O–H groups in total. The van der Waals surface area contributed by atoms with Gasteiger partial charge in [0.15, 0.2) is 0 Å². The van der Waals surface area contributed by atoms with Crippen LogP contribution in [0, 0.1) is 17.3 Å². The van der Waals surface area contributed by atoms with Gasteiger partial charge in [-0.25, -0.2) is 0 Å². The van der Waals surface area contributed by atoms with E-state index in [9.17, 15) is 13.9 Å². The summed E-state index contributed by atoms with van der Waals surface area (Å²) in [5.74, 6) is 0.369. The van der Waals surface area contributed by atoms with E-state index in [0.29, 0.717) is 5.92 Å². The second kappa shape index (κ2) is 2.78. The summed E-state index contributed by atoms with van der Waals surface area (Å²) in [6.07, 6.45) is 1.19. The molecule has 76 valence electrons. The first-order valence-electron chi connectivity index (χ1n) is 4.70. The maximum atomic E-state index is 10.8. The van der Waals surface area contributed by atoms with Crippen molar-refractivity contribution in [3.63, 3.8) is 0 Å². The molecular formula is C9H15O3S-. The van der Waals surface area contributed by atoms with Gasteiger partial charge in [-0.1, -0.05) is 24.9 Å². The van der Waals surface area contributed by atoms with Crippen molar-refractivity contribution in [2.75, 3.05) is 0 Å². The van der Waals surface area contributed by atoms with Crippen LogP contribution in [0.1, 0.15) is 26.7 Å². The molecule has 3 nitrogen and oxygen atoms in total. The molecule has 0 aromatic rings. The number of aliphatic hydroxyl groups excluding tert-OH is 1. The Labute approximate surface area is 80.8 Å². The summed E-state index contributed by atoms with van der Waals surface area (Å²) in [7, 11) is 0. The van der Waals surface area contributed by atoms with Gasteiger partial charge in [-0.05, 0) is 30.1 Å². The highest BCUT2D eigenvalue weighted by Crippen LogP contribution is 2.56. The lowest BCUT2D eigenvalue weighted by Crippen LogP contribution is -2.42. The molecule has 4 heteroatoms. The molecule has 0 aliphatic heterocycles. The normalized spacial score (nSPS) is 49.5. The molecule has 0 spiro atoms. The lowest BCUT2D eigenvalue weighted by Gasteiger charge is -2.39. The maximum absolute atomic E-state index is 10.8. The zero-order valence-electron chi connectivity index (χ0n) is 7.90. The van der Waals surface area contributed by atoms with E-state index in [2.05, 4.69) is 0 Å². The average molecular weight is 203 g/mol. The number of rotatable bonds is 1. The highest BCUT2D eigenvalue weighted by atomic mass is 32.2. The Kier molecular flexibility index (Phi) is 2.06. The van der Waals surface area contributed by atoms with Crippen LogP contribution in [0.3, 0.4) is 0 Å². The largest absolute Gasteiger partial charge is 0.772 e. The minimum Gasteiger partial charge on any atom is -0.772 e. The van der Waals surface area contributed by atoms with Crippen molar-refractivity contribution >= 4 is 11.1 Å². The predicted molar refractivity (Wildman–Crippen MR) is 48.7 cm³/mol. The predicted octanol–water partition coefficient (Wildman–Crippen LogP) is 0.661. The third-order valence-corrected chi connectivity index (χ3v) is 5.05. The molecule has 5 unspecified atom stereocenters. The molecule has 2 aliphatic carbocycles. The van der Waals surface area contributed by atoms with Gasteiger partial charge in [-0.2, -0.15) is 0 Å². The Hall–Kier alpha value is 0.0700. The molecule has 2 fully saturated rings. The van der Waals surface area contributed by atoms with E-state index < -0.39 is 17.2 Å². The molecule has 0 radical (unpaired) electrons. The molecule has 0 aromatic carbocycles. The zero-order valence-corrected chi connectivity index (χ0v) is 8.71. The Morgan fingerprint density at radius 3 is 2.46 bits per heavy atom. The fraction of sp³-hybridized carbons (Fsp3) is 1.00. The molecule has 0 aromatic heterocycles. The first-order chi connectivity index (χ1) is 5.94. The number of hydrogen-bond acceptors (Lipinski definition) is 3. The van der Waals surface area contributed by atoms with Crippen molar-refractivity contribution in [2.24, 2.45) is 17.3 Å². The maximum Gasteiger partial charge on any atom is 0.0633 e. The lowest BCUT2D eigenvalue weighted by molar-refractivity contribution is 0.00562. The van der Waals surface area contributed by atoms with Crippen LogP contribution in [0.25, 0.3) is 0 Å². The van der Waals surface area contributed by atoms with Crippen molar-refractivity contribution < 1.29 is 13.9 Å². The number of hydrogen-bond donors (Lipinski definition) is 1. The summed E-state index contributed by atoms with van der Waals surface area (Å²) in [5, 5.41) is 9.59. The Morgan fingerprint density at radius 2 is 2.08 bits per heavy atom. The quantitative estimate of drug-likeness (QED) is 0.637. The van der Waals surface area contributed by atoms with Gasteiger partial charge in [0, 0.05) is 5.25 Å². The molecule has 0 saturated heterocycles. The number of aliphatic hydroxyl groups is 1. The van der Waals surface area contributed by atoms with E-state index in [0.717, 1.165) is 12.8 Å². The van der Waals surface area contributed by atoms with Gasteiger partial charge in [0.25, 0.3) is 0 Å². The standard InChI is InChI=1S/C9H16O3S/c1-9(2)5-3-6(8(9)10)7(4-5)13(11)12/h5-8,10H,3-4H2,1-2H3,(H,11,12)/p-1. The van der Waals surface area contributed by atoms with Crippen molar-refractivity contribution in [3.05, 3.63) is 0 Å². The van der Waals surface area contributed by atoms with E-state index in [-0.39, 0.29) is 16.6 Å². The van der Waals surface area contributed by atoms with Gasteiger partial charge < -0.3 is 9.66 Å². The molecule has 0 heterocycles. The van der Waals surface area contributed by atoms with Crippen molar-refractivity contribution in [2.45, 2.75) is 38.0 Å². The van der Waals surface area contributed by atoms with Gasteiger partial charge in [-0.3, -0.25) is 4.21 Å². The van der Waals surface area contributed by atoms with Crippen LogP contribution in [-0.2, 0) is 11.1 Å². The Bertz CT molecular complexity index is 247. The first-order valence-corrected chi connectivity index (χ1v) is 5.84. The summed E-state index contributed by atoms with van der Waals surface area (Å²) < 4.78 is 21.7. The lowest BCUT2D eigenvalue weighted by atomic mass is 9.74. The van der Waals surface area contributed by atoms with Crippen LogP contribution >= 0.6 is 0 Å². The van der Waals surface area contributed by atoms with E-state index in [1.165, 1.54) is 0 Å². The molecule has 0 amide bonds. The van der Waals surface area contributed by atoms with Crippen LogP contribution in [0.15, 0.2) is 0 Å². The molecule has 13 heavy (non-hydrogen) atoms. The molecule has 2 bridgehead atoms. The second-order valence-electron chi connectivity index (χ2n) is 4.90. The van der Waals surface area contributed by atoms with Gasteiger partial charge in [0.2, 0.25) is 0 Å². The Morgan fingerprint density at radius 1 is 1.46 bits per heavy atom. The minimum atomic E-state index is -2.00. The van der Waals surface area contributed by atoms with Gasteiger partial charge >= 0.3 is 0 Å². The van der Waals surface area contributed by atoms with Crippen molar-refractivity contribution in [1.82, 2.24) is 0 Å². The third kappa shape index (κ3) is 1.19. The second-order valence-corrected chi connectivity index (χ2v) is 6.02. The minimum absolute atomic E-state index is 0.0154. The van der Waals surface area contributed by atoms with Gasteiger partial charge in [-0.15, -0.1) is 0 Å². The molecule has 5 atom stereocenters. The van der Waals surface area contributed by atoms with Crippen LogP contribution in [0.4, 0.5) is 0 Å². The summed E-state index contributed by atoms with van der Waals surface area (Å²) >= 11 is -2.00. The third-order valence-electron chi connectivity index (χ3n) is 4.02. The summed E-state index contributed by atoms with van der Waals surface area (Å²) in [4.78, 5) is 0. The zero-order chi connectivity index (χ0) is 9.80. The topological polar surface area (TPSA) is 60.4 Å².